The first kappa shape index (κ1) is 9.46. The second-order valence-electron chi connectivity index (χ2n) is 2.89. The molecule has 1 rings (SSSR count). The third kappa shape index (κ3) is 1.95. The highest BCUT2D eigenvalue weighted by Crippen LogP contribution is 2.14. The molecular formula is C9H13ClN2. The number of hydrogen-bond acceptors (Lipinski definition) is 2. The Bertz CT molecular complexity index is 261. The van der Waals surface area contributed by atoms with E-state index in [-0.39, 0.29) is 0 Å². The van der Waals surface area contributed by atoms with Crippen molar-refractivity contribution in [3.8, 4) is 0 Å². The molecule has 0 amide bonds. The van der Waals surface area contributed by atoms with Crippen molar-refractivity contribution in [2.45, 2.75) is 33.6 Å². The molecule has 0 unspecified atom stereocenters. The van der Waals surface area contributed by atoms with Gasteiger partial charge in [-0.15, -0.1) is 0 Å². The lowest BCUT2D eigenvalue weighted by Crippen LogP contribution is -1.99. The second kappa shape index (κ2) is 3.85. The maximum absolute atomic E-state index is 5.90. The van der Waals surface area contributed by atoms with Gasteiger partial charge in [0.2, 0.25) is 0 Å². The Morgan fingerprint density at radius 1 is 1.25 bits per heavy atom. The van der Waals surface area contributed by atoms with E-state index < -0.39 is 0 Å². The molecule has 66 valence electrons. The largest absolute Gasteiger partial charge is 0.238 e. The van der Waals surface area contributed by atoms with Gasteiger partial charge in [-0.2, -0.15) is 0 Å². The summed E-state index contributed by atoms with van der Waals surface area (Å²) >= 11 is 5.90. The molecule has 0 saturated heterocycles. The van der Waals surface area contributed by atoms with Crippen LogP contribution in [-0.4, -0.2) is 9.97 Å². The van der Waals surface area contributed by atoms with Gasteiger partial charge in [0.05, 0.1) is 0 Å². The van der Waals surface area contributed by atoms with Gasteiger partial charge in [0.25, 0.3) is 0 Å². The van der Waals surface area contributed by atoms with Crippen LogP contribution in [0.3, 0.4) is 0 Å². The Labute approximate surface area is 78.0 Å². The molecule has 0 radical (unpaired) electrons. The van der Waals surface area contributed by atoms with Crippen LogP contribution in [0.1, 0.15) is 30.4 Å². The molecule has 12 heavy (non-hydrogen) atoms. The van der Waals surface area contributed by atoms with Crippen LogP contribution in [-0.2, 0) is 6.42 Å². The summed E-state index contributed by atoms with van der Waals surface area (Å²) in [6.45, 7) is 6.00. The maximum atomic E-state index is 5.90. The summed E-state index contributed by atoms with van der Waals surface area (Å²) in [7, 11) is 0. The number of aryl methyl sites for hydroxylation is 2. The van der Waals surface area contributed by atoms with Crippen molar-refractivity contribution >= 4 is 11.6 Å². The van der Waals surface area contributed by atoms with Crippen LogP contribution in [0.4, 0.5) is 0 Å². The smallest absolute Gasteiger partial charge is 0.135 e. The Morgan fingerprint density at radius 2 is 1.92 bits per heavy atom. The molecule has 0 aliphatic carbocycles. The van der Waals surface area contributed by atoms with Crippen LogP contribution in [0.25, 0.3) is 0 Å². The monoisotopic (exact) mass is 184 g/mol. The van der Waals surface area contributed by atoms with E-state index in [1.807, 2.05) is 13.8 Å². The van der Waals surface area contributed by atoms with Gasteiger partial charge >= 0.3 is 0 Å². The molecule has 0 N–H and O–H groups in total. The van der Waals surface area contributed by atoms with Crippen LogP contribution in [0.2, 0.25) is 5.15 Å². The zero-order chi connectivity index (χ0) is 9.14. The van der Waals surface area contributed by atoms with Crippen molar-refractivity contribution in [3.63, 3.8) is 0 Å². The third-order valence-electron chi connectivity index (χ3n) is 1.85. The van der Waals surface area contributed by atoms with Gasteiger partial charge in [-0.05, 0) is 20.3 Å². The van der Waals surface area contributed by atoms with Crippen molar-refractivity contribution in [2.75, 3.05) is 0 Å². The van der Waals surface area contributed by atoms with Gasteiger partial charge < -0.3 is 0 Å². The van der Waals surface area contributed by atoms with E-state index in [0.29, 0.717) is 5.15 Å². The van der Waals surface area contributed by atoms with Crippen LogP contribution >= 0.6 is 11.6 Å². The summed E-state index contributed by atoms with van der Waals surface area (Å²) < 4.78 is 0. The Kier molecular flexibility index (Phi) is 3.04. The molecule has 0 aliphatic heterocycles. The topological polar surface area (TPSA) is 25.8 Å². The van der Waals surface area contributed by atoms with E-state index in [0.717, 1.165) is 29.9 Å². The Balaban J connectivity index is 3.04. The van der Waals surface area contributed by atoms with Gasteiger partial charge in [0, 0.05) is 17.7 Å². The molecule has 1 aromatic heterocycles. The van der Waals surface area contributed by atoms with Gasteiger partial charge in [0.1, 0.15) is 11.0 Å². The van der Waals surface area contributed by atoms with E-state index >= 15 is 0 Å². The minimum absolute atomic E-state index is 0.589. The molecule has 0 fully saturated rings. The number of rotatable bonds is 2. The van der Waals surface area contributed by atoms with Crippen molar-refractivity contribution < 1.29 is 0 Å². The van der Waals surface area contributed by atoms with Crippen molar-refractivity contribution in [3.05, 3.63) is 22.2 Å². The summed E-state index contributed by atoms with van der Waals surface area (Å²) in [4.78, 5) is 8.51. The first-order valence-electron chi connectivity index (χ1n) is 4.14. The lowest BCUT2D eigenvalue weighted by Gasteiger charge is -2.03. The van der Waals surface area contributed by atoms with Gasteiger partial charge in [0.15, 0.2) is 0 Å². The summed E-state index contributed by atoms with van der Waals surface area (Å²) in [5.74, 6) is 0.852. The standard InChI is InChI=1S/C9H13ClN2/c1-4-5-8-11-7(3)6(2)9(10)12-8/h4-5H2,1-3H3. The maximum Gasteiger partial charge on any atom is 0.135 e. The van der Waals surface area contributed by atoms with E-state index in [1.54, 1.807) is 0 Å². The van der Waals surface area contributed by atoms with Crippen LogP contribution in [0, 0.1) is 13.8 Å². The second-order valence-corrected chi connectivity index (χ2v) is 3.25. The third-order valence-corrected chi connectivity index (χ3v) is 2.22. The predicted octanol–water partition coefficient (Wildman–Crippen LogP) is 2.70. The summed E-state index contributed by atoms with van der Waals surface area (Å²) in [5.41, 5.74) is 1.97. The zero-order valence-electron chi connectivity index (χ0n) is 7.69. The zero-order valence-corrected chi connectivity index (χ0v) is 8.44. The highest BCUT2D eigenvalue weighted by molar-refractivity contribution is 6.30. The Morgan fingerprint density at radius 3 is 2.42 bits per heavy atom. The van der Waals surface area contributed by atoms with Gasteiger partial charge in [-0.3, -0.25) is 0 Å². The van der Waals surface area contributed by atoms with Crippen molar-refractivity contribution in [1.29, 1.82) is 0 Å². The molecule has 0 aliphatic rings. The summed E-state index contributed by atoms with van der Waals surface area (Å²) in [6, 6.07) is 0. The van der Waals surface area contributed by atoms with Crippen LogP contribution < -0.4 is 0 Å². The first-order valence-corrected chi connectivity index (χ1v) is 4.52. The molecule has 0 saturated carbocycles. The highest BCUT2D eigenvalue weighted by atomic mass is 35.5. The number of halogens is 1. The molecule has 1 aromatic rings. The average molecular weight is 185 g/mol. The van der Waals surface area contributed by atoms with E-state index in [1.165, 1.54) is 0 Å². The minimum Gasteiger partial charge on any atom is -0.238 e. The molecule has 0 atom stereocenters. The number of aromatic nitrogens is 2. The van der Waals surface area contributed by atoms with Crippen molar-refractivity contribution in [2.24, 2.45) is 0 Å². The van der Waals surface area contributed by atoms with Crippen LogP contribution in [0.5, 0.6) is 0 Å². The fourth-order valence-corrected chi connectivity index (χ4v) is 1.22. The normalized spacial score (nSPS) is 10.3. The van der Waals surface area contributed by atoms with E-state index in [4.69, 9.17) is 11.6 Å². The number of nitrogens with zero attached hydrogens (tertiary/aromatic N) is 2. The average Bonchev–Trinajstić information content (AvgIpc) is 2.01. The lowest BCUT2D eigenvalue weighted by molar-refractivity contribution is 0.820. The predicted molar refractivity (Wildman–Crippen MR) is 50.5 cm³/mol. The SMILES string of the molecule is CCCc1nc(C)c(C)c(Cl)n1. The van der Waals surface area contributed by atoms with Crippen molar-refractivity contribution in [1.82, 2.24) is 9.97 Å². The highest BCUT2D eigenvalue weighted by Gasteiger charge is 2.04. The van der Waals surface area contributed by atoms with Crippen LogP contribution in [0.15, 0.2) is 0 Å². The molecule has 0 bridgehead atoms. The molecule has 1 heterocycles. The van der Waals surface area contributed by atoms with E-state index in [9.17, 15) is 0 Å². The quantitative estimate of drug-likeness (QED) is 0.661. The molecule has 2 nitrogen and oxygen atoms in total. The fraction of sp³-hybridized carbons (Fsp3) is 0.556. The molecular weight excluding hydrogens is 172 g/mol. The van der Waals surface area contributed by atoms with E-state index in [2.05, 4.69) is 16.9 Å². The minimum atomic E-state index is 0.589. The summed E-state index contributed by atoms with van der Waals surface area (Å²) in [6.07, 6.45) is 1.96. The summed E-state index contributed by atoms with van der Waals surface area (Å²) in [5, 5.41) is 0.589. The number of hydrogen-bond donors (Lipinski definition) is 0. The molecule has 0 aromatic carbocycles. The first-order chi connectivity index (χ1) is 5.65. The van der Waals surface area contributed by atoms with Gasteiger partial charge in [-0.1, -0.05) is 18.5 Å². The fourth-order valence-electron chi connectivity index (χ4n) is 0.984. The lowest BCUT2D eigenvalue weighted by atomic mass is 10.2. The molecule has 3 heteroatoms. The van der Waals surface area contributed by atoms with Gasteiger partial charge in [-0.25, -0.2) is 9.97 Å². The Hall–Kier alpha value is -0.630. The molecule has 0 spiro atoms.